The van der Waals surface area contributed by atoms with Gasteiger partial charge < -0.3 is 15.5 Å². The van der Waals surface area contributed by atoms with Crippen molar-refractivity contribution in [3.63, 3.8) is 0 Å². The number of carbonyl (C=O) groups is 1. The number of nitrogens with one attached hydrogen (secondary N) is 1. The molecule has 0 radical (unpaired) electrons. The second kappa shape index (κ2) is 5.58. The maximum atomic E-state index is 10.2. The molecule has 0 heterocycles. The zero-order valence-corrected chi connectivity index (χ0v) is 8.74. The molecule has 1 atom stereocenters. The van der Waals surface area contributed by atoms with E-state index in [4.69, 9.17) is 16.7 Å². The summed E-state index contributed by atoms with van der Waals surface area (Å²) in [4.78, 5) is 10.2. The Kier molecular flexibility index (Phi) is 4.39. The predicted molar refractivity (Wildman–Crippen MR) is 57.1 cm³/mol. The molecule has 1 aromatic rings. The van der Waals surface area contributed by atoms with Crippen molar-refractivity contribution in [1.29, 1.82) is 0 Å². The molecule has 15 heavy (non-hydrogen) atoms. The highest BCUT2D eigenvalue weighted by Crippen LogP contribution is 2.18. The van der Waals surface area contributed by atoms with Crippen LogP contribution >= 0.6 is 11.6 Å². The number of aliphatic hydroxyl groups is 1. The van der Waals surface area contributed by atoms with Crippen molar-refractivity contribution in [3.05, 3.63) is 34.9 Å². The second-order valence-electron chi connectivity index (χ2n) is 3.09. The van der Waals surface area contributed by atoms with Crippen LogP contribution in [0.5, 0.6) is 0 Å². The first-order valence-electron chi connectivity index (χ1n) is 4.50. The molecule has 1 aromatic carbocycles. The van der Waals surface area contributed by atoms with E-state index in [-0.39, 0.29) is 6.54 Å². The largest absolute Gasteiger partial charge is 0.465 e. The second-order valence-corrected chi connectivity index (χ2v) is 3.52. The fourth-order valence-corrected chi connectivity index (χ4v) is 1.29. The number of hydrogen-bond acceptors (Lipinski definition) is 2. The van der Waals surface area contributed by atoms with E-state index in [1.54, 1.807) is 24.3 Å². The van der Waals surface area contributed by atoms with Gasteiger partial charge in [-0.15, -0.1) is 0 Å². The first kappa shape index (κ1) is 11.8. The topological polar surface area (TPSA) is 69.6 Å². The molecule has 0 bridgehead atoms. The lowest BCUT2D eigenvalue weighted by atomic mass is 10.1. The molecule has 82 valence electrons. The van der Waals surface area contributed by atoms with Gasteiger partial charge in [0.2, 0.25) is 0 Å². The predicted octanol–water partition coefficient (Wildman–Crippen LogP) is 2.03. The van der Waals surface area contributed by atoms with E-state index >= 15 is 0 Å². The average molecular weight is 230 g/mol. The van der Waals surface area contributed by atoms with Gasteiger partial charge in [0.15, 0.2) is 0 Å². The highest BCUT2D eigenvalue weighted by Gasteiger charge is 2.07. The average Bonchev–Trinajstić information content (AvgIpc) is 2.18. The molecule has 4 nitrogen and oxygen atoms in total. The van der Waals surface area contributed by atoms with Crippen LogP contribution in [0.4, 0.5) is 4.79 Å². The van der Waals surface area contributed by atoms with Crippen LogP contribution in [0, 0.1) is 0 Å². The molecule has 3 N–H and O–H groups in total. The van der Waals surface area contributed by atoms with E-state index in [0.717, 1.165) is 5.56 Å². The number of carboxylic acid groups (broad SMARTS) is 1. The van der Waals surface area contributed by atoms with Crippen molar-refractivity contribution in [3.8, 4) is 0 Å². The fraction of sp³-hybridized carbons (Fsp3) is 0.300. The minimum Gasteiger partial charge on any atom is -0.465 e. The summed E-state index contributed by atoms with van der Waals surface area (Å²) in [5.41, 5.74) is 0.728. The van der Waals surface area contributed by atoms with Gasteiger partial charge in [-0.1, -0.05) is 23.7 Å². The maximum Gasteiger partial charge on any atom is 0.404 e. The van der Waals surface area contributed by atoms with Gasteiger partial charge in [0, 0.05) is 11.6 Å². The number of aliphatic hydroxyl groups excluding tert-OH is 1. The molecule has 1 amide bonds. The Morgan fingerprint density at radius 1 is 1.40 bits per heavy atom. The van der Waals surface area contributed by atoms with E-state index in [0.29, 0.717) is 11.4 Å². The highest BCUT2D eigenvalue weighted by molar-refractivity contribution is 6.30. The summed E-state index contributed by atoms with van der Waals surface area (Å²) in [6.45, 7) is 0.221. The minimum atomic E-state index is -1.08. The number of rotatable bonds is 4. The maximum absolute atomic E-state index is 10.2. The van der Waals surface area contributed by atoms with Gasteiger partial charge in [-0.2, -0.15) is 0 Å². The van der Waals surface area contributed by atoms with E-state index < -0.39 is 12.2 Å². The first-order chi connectivity index (χ1) is 7.09. The quantitative estimate of drug-likeness (QED) is 0.740. The monoisotopic (exact) mass is 229 g/mol. The standard InChI is InChI=1S/C10H12ClNO3/c11-8-3-1-7(2-4-8)9(13)5-6-12-10(14)15/h1-4,9,12-13H,5-6H2,(H,14,15). The molecule has 0 spiro atoms. The Balaban J connectivity index is 2.43. The zero-order valence-electron chi connectivity index (χ0n) is 7.98. The third-order valence-electron chi connectivity index (χ3n) is 1.95. The van der Waals surface area contributed by atoms with Gasteiger partial charge in [-0.05, 0) is 24.1 Å². The Bertz CT molecular complexity index is 326. The lowest BCUT2D eigenvalue weighted by molar-refractivity contribution is 0.162. The van der Waals surface area contributed by atoms with E-state index in [1.165, 1.54) is 0 Å². The van der Waals surface area contributed by atoms with Crippen molar-refractivity contribution in [2.45, 2.75) is 12.5 Å². The smallest absolute Gasteiger partial charge is 0.404 e. The van der Waals surface area contributed by atoms with Crippen LogP contribution in [0.1, 0.15) is 18.1 Å². The molecule has 0 aliphatic carbocycles. The van der Waals surface area contributed by atoms with Crippen molar-refractivity contribution in [2.75, 3.05) is 6.54 Å². The summed E-state index contributed by atoms with van der Waals surface area (Å²) in [6, 6.07) is 6.80. The Morgan fingerprint density at radius 3 is 2.53 bits per heavy atom. The van der Waals surface area contributed by atoms with Crippen LogP contribution in [0.15, 0.2) is 24.3 Å². The van der Waals surface area contributed by atoms with E-state index in [2.05, 4.69) is 5.32 Å². The van der Waals surface area contributed by atoms with Crippen LogP contribution in [-0.4, -0.2) is 22.9 Å². The van der Waals surface area contributed by atoms with Crippen molar-refractivity contribution >= 4 is 17.7 Å². The van der Waals surface area contributed by atoms with Crippen LogP contribution in [-0.2, 0) is 0 Å². The molecule has 0 saturated heterocycles. The van der Waals surface area contributed by atoms with Gasteiger partial charge in [0.25, 0.3) is 0 Å². The van der Waals surface area contributed by atoms with Crippen LogP contribution in [0.25, 0.3) is 0 Å². The molecule has 0 fully saturated rings. The third kappa shape index (κ3) is 4.18. The first-order valence-corrected chi connectivity index (χ1v) is 4.87. The van der Waals surface area contributed by atoms with Crippen LogP contribution < -0.4 is 5.32 Å². The molecule has 1 rings (SSSR count). The molecule has 0 aliphatic rings. The van der Waals surface area contributed by atoms with Crippen LogP contribution in [0.2, 0.25) is 5.02 Å². The number of halogens is 1. The van der Waals surface area contributed by atoms with E-state index in [1.807, 2.05) is 0 Å². The minimum absolute atomic E-state index is 0.221. The summed E-state index contributed by atoms with van der Waals surface area (Å²) in [6.07, 6.45) is -1.42. The van der Waals surface area contributed by atoms with E-state index in [9.17, 15) is 9.90 Å². The Morgan fingerprint density at radius 2 is 2.00 bits per heavy atom. The van der Waals surface area contributed by atoms with Gasteiger partial charge in [0.05, 0.1) is 6.10 Å². The number of hydrogen-bond donors (Lipinski definition) is 3. The summed E-state index contributed by atoms with van der Waals surface area (Å²) in [5, 5.41) is 20.8. The molecule has 0 aromatic heterocycles. The summed E-state index contributed by atoms with van der Waals surface area (Å²) in [7, 11) is 0. The SMILES string of the molecule is O=C(O)NCCC(O)c1ccc(Cl)cc1. The lowest BCUT2D eigenvalue weighted by Crippen LogP contribution is -2.23. The van der Waals surface area contributed by atoms with Gasteiger partial charge >= 0.3 is 6.09 Å². The number of benzene rings is 1. The number of amides is 1. The van der Waals surface area contributed by atoms with Gasteiger partial charge in [-0.3, -0.25) is 0 Å². The summed E-state index contributed by atoms with van der Waals surface area (Å²) in [5.74, 6) is 0. The highest BCUT2D eigenvalue weighted by atomic mass is 35.5. The third-order valence-corrected chi connectivity index (χ3v) is 2.20. The molecule has 5 heteroatoms. The van der Waals surface area contributed by atoms with Crippen molar-refractivity contribution in [1.82, 2.24) is 5.32 Å². The molecule has 1 unspecified atom stereocenters. The lowest BCUT2D eigenvalue weighted by Gasteiger charge is -2.10. The molecular weight excluding hydrogens is 218 g/mol. The molecule has 0 saturated carbocycles. The van der Waals surface area contributed by atoms with Crippen molar-refractivity contribution < 1.29 is 15.0 Å². The van der Waals surface area contributed by atoms with Crippen molar-refractivity contribution in [2.24, 2.45) is 0 Å². The Labute approximate surface area is 92.5 Å². The van der Waals surface area contributed by atoms with Crippen LogP contribution in [0.3, 0.4) is 0 Å². The van der Waals surface area contributed by atoms with Gasteiger partial charge in [0.1, 0.15) is 0 Å². The summed E-state index contributed by atoms with van der Waals surface area (Å²) >= 11 is 5.69. The zero-order chi connectivity index (χ0) is 11.3. The normalized spacial score (nSPS) is 12.1. The Hall–Kier alpha value is -1.26. The summed E-state index contributed by atoms with van der Waals surface area (Å²) < 4.78 is 0. The van der Waals surface area contributed by atoms with Gasteiger partial charge in [-0.25, -0.2) is 4.79 Å². The fourth-order valence-electron chi connectivity index (χ4n) is 1.17. The molecular formula is C10H12ClNO3. The molecule has 0 aliphatic heterocycles.